The molecule has 1 heterocycles. The molecule has 0 saturated heterocycles. The molecule has 0 fully saturated rings. The number of hydrogen-bond acceptors (Lipinski definition) is 4. The molecule has 0 aromatic heterocycles. The second kappa shape index (κ2) is 4.83. The first-order chi connectivity index (χ1) is 9.67. The molecular weight excluding hydrogens is 248 g/mol. The number of aliphatic imine (C=N–C) groups is 1. The minimum atomic E-state index is -1.04. The third kappa shape index (κ3) is 2.29. The van der Waals surface area contributed by atoms with E-state index in [-0.39, 0.29) is 0 Å². The van der Waals surface area contributed by atoms with E-state index in [0.29, 0.717) is 5.84 Å². The van der Waals surface area contributed by atoms with E-state index in [1.807, 2.05) is 60.7 Å². The molecule has 1 unspecified atom stereocenters. The van der Waals surface area contributed by atoms with Crippen LogP contribution in [-0.4, -0.2) is 5.84 Å². The van der Waals surface area contributed by atoms with E-state index >= 15 is 0 Å². The van der Waals surface area contributed by atoms with Gasteiger partial charge in [0.15, 0.2) is 0 Å². The summed E-state index contributed by atoms with van der Waals surface area (Å²) in [5.74, 6) is -0.625. The Morgan fingerprint density at radius 1 is 0.900 bits per heavy atom. The molecule has 0 saturated carbocycles. The maximum Gasteiger partial charge on any atom is 0.211 e. The zero-order valence-electron chi connectivity index (χ0n) is 11.0. The highest BCUT2D eigenvalue weighted by molar-refractivity contribution is 5.99. The van der Waals surface area contributed by atoms with Gasteiger partial charge in [0.1, 0.15) is 5.84 Å². The zero-order chi connectivity index (χ0) is 14.0. The van der Waals surface area contributed by atoms with Crippen LogP contribution < -0.4 is 16.8 Å². The summed E-state index contributed by atoms with van der Waals surface area (Å²) in [6.45, 7) is 0. The molecule has 1 aliphatic rings. The van der Waals surface area contributed by atoms with E-state index in [2.05, 4.69) is 10.3 Å². The highest BCUT2D eigenvalue weighted by atomic mass is 15.3. The Hall–Kier alpha value is -2.59. The van der Waals surface area contributed by atoms with Crippen LogP contribution in [0.2, 0.25) is 0 Å². The Morgan fingerprint density at radius 3 is 2.15 bits per heavy atom. The largest absolute Gasteiger partial charge is 0.384 e. The first kappa shape index (κ1) is 12.4. The van der Waals surface area contributed by atoms with E-state index in [4.69, 9.17) is 11.5 Å². The van der Waals surface area contributed by atoms with Crippen LogP contribution in [0.25, 0.3) is 5.70 Å². The second-order valence-corrected chi connectivity index (χ2v) is 4.72. The van der Waals surface area contributed by atoms with E-state index in [9.17, 15) is 0 Å². The SMILES string of the molecule is NC1=NC(N)(c2ccccc2)NC(c2ccccc2)=C1. The maximum absolute atomic E-state index is 6.38. The standard InChI is InChI=1S/C16H16N4/c17-15-11-14(12-7-3-1-4-8-12)19-16(18,20-15)13-9-5-2-6-10-13/h1-11,19H,18H2,(H2,17,20). The number of amidine groups is 1. The van der Waals surface area contributed by atoms with Crippen molar-refractivity contribution < 1.29 is 0 Å². The van der Waals surface area contributed by atoms with Crippen molar-refractivity contribution in [3.05, 3.63) is 77.9 Å². The molecule has 0 radical (unpaired) electrons. The van der Waals surface area contributed by atoms with Crippen LogP contribution in [0.1, 0.15) is 11.1 Å². The maximum atomic E-state index is 6.38. The fourth-order valence-electron chi connectivity index (χ4n) is 2.26. The van der Waals surface area contributed by atoms with Gasteiger partial charge in [-0.1, -0.05) is 60.7 Å². The number of hydrogen-bond donors (Lipinski definition) is 3. The monoisotopic (exact) mass is 264 g/mol. The molecule has 100 valence electrons. The average Bonchev–Trinajstić information content (AvgIpc) is 2.48. The van der Waals surface area contributed by atoms with Crippen molar-refractivity contribution in [3.8, 4) is 0 Å². The molecule has 2 aromatic carbocycles. The Balaban J connectivity index is 2.01. The smallest absolute Gasteiger partial charge is 0.211 e. The summed E-state index contributed by atoms with van der Waals surface area (Å²) in [4.78, 5) is 4.34. The van der Waals surface area contributed by atoms with Gasteiger partial charge in [-0.25, -0.2) is 4.99 Å². The summed E-state index contributed by atoms with van der Waals surface area (Å²) in [5.41, 5.74) is 15.1. The van der Waals surface area contributed by atoms with Gasteiger partial charge in [-0.05, 0) is 5.56 Å². The Morgan fingerprint density at radius 2 is 1.50 bits per heavy atom. The lowest BCUT2D eigenvalue weighted by Gasteiger charge is -2.32. The van der Waals surface area contributed by atoms with Gasteiger partial charge in [-0.3, -0.25) is 5.73 Å². The molecule has 1 aliphatic heterocycles. The Labute approximate surface area is 117 Å². The number of nitrogens with one attached hydrogen (secondary N) is 1. The van der Waals surface area contributed by atoms with Gasteiger partial charge in [-0.15, -0.1) is 0 Å². The first-order valence-corrected chi connectivity index (χ1v) is 6.42. The minimum absolute atomic E-state index is 0.411. The lowest BCUT2D eigenvalue weighted by molar-refractivity contribution is 0.419. The van der Waals surface area contributed by atoms with E-state index < -0.39 is 5.79 Å². The predicted molar refractivity (Wildman–Crippen MR) is 81.5 cm³/mol. The molecule has 4 heteroatoms. The number of rotatable bonds is 2. The van der Waals surface area contributed by atoms with Crippen molar-refractivity contribution in [3.63, 3.8) is 0 Å². The molecule has 0 amide bonds. The molecule has 1 atom stereocenters. The van der Waals surface area contributed by atoms with Crippen molar-refractivity contribution >= 4 is 11.5 Å². The van der Waals surface area contributed by atoms with Crippen molar-refractivity contribution in [1.29, 1.82) is 0 Å². The molecule has 0 spiro atoms. The topological polar surface area (TPSA) is 76.4 Å². The molecule has 4 nitrogen and oxygen atoms in total. The number of benzene rings is 2. The second-order valence-electron chi connectivity index (χ2n) is 4.72. The normalized spacial score (nSPS) is 21.6. The van der Waals surface area contributed by atoms with Gasteiger partial charge in [0, 0.05) is 17.3 Å². The number of nitrogens with zero attached hydrogens (tertiary/aromatic N) is 1. The van der Waals surface area contributed by atoms with Crippen LogP contribution >= 0.6 is 0 Å². The third-order valence-corrected chi connectivity index (χ3v) is 3.22. The fraction of sp³-hybridized carbons (Fsp3) is 0.0625. The first-order valence-electron chi connectivity index (χ1n) is 6.42. The van der Waals surface area contributed by atoms with Crippen LogP contribution in [0, 0.1) is 0 Å². The zero-order valence-corrected chi connectivity index (χ0v) is 11.0. The van der Waals surface area contributed by atoms with Crippen molar-refractivity contribution in [2.24, 2.45) is 16.5 Å². The minimum Gasteiger partial charge on any atom is -0.384 e. The Bertz CT molecular complexity index is 661. The number of nitrogens with two attached hydrogens (primary N) is 2. The molecule has 20 heavy (non-hydrogen) atoms. The average molecular weight is 264 g/mol. The van der Waals surface area contributed by atoms with Gasteiger partial charge < -0.3 is 11.1 Å². The molecule has 2 aromatic rings. The van der Waals surface area contributed by atoms with Gasteiger partial charge >= 0.3 is 0 Å². The fourth-order valence-corrected chi connectivity index (χ4v) is 2.26. The van der Waals surface area contributed by atoms with Crippen LogP contribution in [0.4, 0.5) is 0 Å². The van der Waals surface area contributed by atoms with E-state index in [1.54, 1.807) is 6.08 Å². The van der Waals surface area contributed by atoms with Gasteiger partial charge in [0.2, 0.25) is 5.79 Å². The van der Waals surface area contributed by atoms with Crippen LogP contribution in [-0.2, 0) is 5.79 Å². The molecule has 3 rings (SSSR count). The van der Waals surface area contributed by atoms with Crippen molar-refractivity contribution in [1.82, 2.24) is 5.32 Å². The van der Waals surface area contributed by atoms with E-state index in [1.165, 1.54) is 0 Å². The summed E-state index contributed by atoms with van der Waals surface area (Å²) in [6.07, 6.45) is 1.80. The van der Waals surface area contributed by atoms with E-state index in [0.717, 1.165) is 16.8 Å². The van der Waals surface area contributed by atoms with Gasteiger partial charge in [0.25, 0.3) is 0 Å². The molecule has 0 bridgehead atoms. The summed E-state index contributed by atoms with van der Waals surface area (Å²) in [7, 11) is 0. The van der Waals surface area contributed by atoms with Gasteiger partial charge in [-0.2, -0.15) is 0 Å². The van der Waals surface area contributed by atoms with Crippen molar-refractivity contribution in [2.45, 2.75) is 5.79 Å². The summed E-state index contributed by atoms with van der Waals surface area (Å²) in [5, 5.41) is 3.26. The summed E-state index contributed by atoms with van der Waals surface area (Å²) < 4.78 is 0. The highest BCUT2D eigenvalue weighted by Gasteiger charge is 2.30. The summed E-state index contributed by atoms with van der Waals surface area (Å²) in [6, 6.07) is 19.6. The van der Waals surface area contributed by atoms with Crippen LogP contribution in [0.15, 0.2) is 71.7 Å². The Kier molecular flexibility index (Phi) is 3.00. The highest BCUT2D eigenvalue weighted by Crippen LogP contribution is 2.25. The molecular formula is C16H16N4. The van der Waals surface area contributed by atoms with Crippen LogP contribution in [0.3, 0.4) is 0 Å². The lowest BCUT2D eigenvalue weighted by atomic mass is 10.0. The molecule has 0 aliphatic carbocycles. The van der Waals surface area contributed by atoms with Crippen LogP contribution in [0.5, 0.6) is 0 Å². The quantitative estimate of drug-likeness (QED) is 0.773. The molecule has 5 N–H and O–H groups in total. The summed E-state index contributed by atoms with van der Waals surface area (Å²) >= 11 is 0. The van der Waals surface area contributed by atoms with Gasteiger partial charge in [0.05, 0.1) is 0 Å². The predicted octanol–water partition coefficient (Wildman–Crippen LogP) is 1.76. The van der Waals surface area contributed by atoms with Crippen molar-refractivity contribution in [2.75, 3.05) is 0 Å². The third-order valence-electron chi connectivity index (χ3n) is 3.22. The lowest BCUT2D eigenvalue weighted by Crippen LogP contribution is -2.51.